The summed E-state index contributed by atoms with van der Waals surface area (Å²) in [5.41, 5.74) is -0.845. The van der Waals surface area contributed by atoms with E-state index in [9.17, 15) is 10.2 Å². The highest BCUT2D eigenvalue weighted by Crippen LogP contribution is 2.50. The number of hydrogen-bond acceptors (Lipinski definition) is 2. The van der Waals surface area contributed by atoms with Crippen LogP contribution in [0, 0.1) is 5.41 Å². The highest BCUT2D eigenvalue weighted by Gasteiger charge is 2.50. The van der Waals surface area contributed by atoms with Crippen LogP contribution in [-0.2, 0) is 0 Å². The Kier molecular flexibility index (Phi) is 2.67. The van der Waals surface area contributed by atoms with Crippen LogP contribution in [0.25, 0.3) is 0 Å². The summed E-state index contributed by atoms with van der Waals surface area (Å²) in [6, 6.07) is 0. The van der Waals surface area contributed by atoms with Gasteiger partial charge in [-0.15, -0.1) is 0 Å². The van der Waals surface area contributed by atoms with Gasteiger partial charge in [-0.1, -0.05) is 25.0 Å². The van der Waals surface area contributed by atoms with Crippen molar-refractivity contribution in [1.29, 1.82) is 0 Å². The molecule has 2 rings (SSSR count). The zero-order valence-electron chi connectivity index (χ0n) is 8.71. The fraction of sp³-hybridized carbons (Fsp3) is 0.833. The van der Waals surface area contributed by atoms with E-state index in [-0.39, 0.29) is 12.0 Å². The Bertz CT molecular complexity index is 236. The predicted molar refractivity (Wildman–Crippen MR) is 55.9 cm³/mol. The maximum absolute atomic E-state index is 10.6. The first-order valence-electron chi connectivity index (χ1n) is 5.71. The molecule has 2 aliphatic carbocycles. The molecule has 2 unspecified atom stereocenters. The summed E-state index contributed by atoms with van der Waals surface area (Å²) >= 11 is 0. The smallest absolute Gasteiger partial charge is 0.0731 e. The van der Waals surface area contributed by atoms with Gasteiger partial charge in [0.15, 0.2) is 0 Å². The SMILES string of the molecule is OCC12CC=CCCC1(O)CCCC2. The molecule has 0 bridgehead atoms. The van der Waals surface area contributed by atoms with Gasteiger partial charge in [-0.25, -0.2) is 0 Å². The highest BCUT2D eigenvalue weighted by molar-refractivity contribution is 5.08. The minimum absolute atomic E-state index is 0.133. The van der Waals surface area contributed by atoms with Crippen LogP contribution in [0.4, 0.5) is 0 Å². The molecule has 2 heteroatoms. The van der Waals surface area contributed by atoms with Gasteiger partial charge in [-0.3, -0.25) is 0 Å². The molecule has 80 valence electrons. The molecule has 0 saturated heterocycles. The van der Waals surface area contributed by atoms with Gasteiger partial charge in [0.1, 0.15) is 0 Å². The fourth-order valence-corrected chi connectivity index (χ4v) is 3.10. The molecule has 0 radical (unpaired) electrons. The normalized spacial score (nSPS) is 43.0. The average Bonchev–Trinajstić information content (AvgIpc) is 2.37. The van der Waals surface area contributed by atoms with Gasteiger partial charge in [0.05, 0.1) is 12.2 Å². The lowest BCUT2D eigenvalue weighted by molar-refractivity contribution is -0.137. The quantitative estimate of drug-likeness (QED) is 0.630. The third-order valence-corrected chi connectivity index (χ3v) is 4.19. The van der Waals surface area contributed by atoms with Crippen molar-refractivity contribution in [2.75, 3.05) is 6.61 Å². The summed E-state index contributed by atoms with van der Waals surface area (Å²) in [7, 11) is 0. The van der Waals surface area contributed by atoms with E-state index >= 15 is 0 Å². The summed E-state index contributed by atoms with van der Waals surface area (Å²) in [6.45, 7) is 0.133. The van der Waals surface area contributed by atoms with E-state index in [1.54, 1.807) is 0 Å². The summed E-state index contributed by atoms with van der Waals surface area (Å²) < 4.78 is 0. The zero-order valence-corrected chi connectivity index (χ0v) is 8.71. The molecular weight excluding hydrogens is 176 g/mol. The molecule has 0 amide bonds. The first kappa shape index (κ1) is 10.2. The van der Waals surface area contributed by atoms with Crippen LogP contribution < -0.4 is 0 Å². The fourth-order valence-electron chi connectivity index (χ4n) is 3.10. The van der Waals surface area contributed by atoms with Gasteiger partial charge < -0.3 is 10.2 Å². The Hall–Kier alpha value is -0.340. The van der Waals surface area contributed by atoms with E-state index in [2.05, 4.69) is 12.2 Å². The molecule has 0 aliphatic heterocycles. The zero-order chi connectivity index (χ0) is 10.1. The van der Waals surface area contributed by atoms with Crippen molar-refractivity contribution in [3.8, 4) is 0 Å². The third-order valence-electron chi connectivity index (χ3n) is 4.19. The second-order valence-electron chi connectivity index (χ2n) is 4.89. The molecule has 2 atom stereocenters. The van der Waals surface area contributed by atoms with E-state index in [0.717, 1.165) is 44.9 Å². The molecule has 2 nitrogen and oxygen atoms in total. The van der Waals surface area contributed by atoms with Gasteiger partial charge in [0.2, 0.25) is 0 Å². The molecule has 14 heavy (non-hydrogen) atoms. The van der Waals surface area contributed by atoms with Crippen LogP contribution in [0.1, 0.15) is 44.9 Å². The number of aliphatic hydroxyl groups is 2. The van der Waals surface area contributed by atoms with Crippen LogP contribution in [-0.4, -0.2) is 22.4 Å². The molecule has 0 spiro atoms. The van der Waals surface area contributed by atoms with Crippen molar-refractivity contribution >= 4 is 0 Å². The van der Waals surface area contributed by atoms with Crippen LogP contribution >= 0.6 is 0 Å². The summed E-state index contributed by atoms with van der Waals surface area (Å²) in [4.78, 5) is 0. The lowest BCUT2D eigenvalue weighted by Gasteiger charge is -2.49. The Labute approximate surface area is 85.6 Å². The first-order chi connectivity index (χ1) is 6.72. The Morgan fingerprint density at radius 1 is 1.07 bits per heavy atom. The summed E-state index contributed by atoms with van der Waals surface area (Å²) in [5.74, 6) is 0. The van der Waals surface area contributed by atoms with Crippen molar-refractivity contribution in [3.05, 3.63) is 12.2 Å². The molecule has 2 N–H and O–H groups in total. The minimum atomic E-state index is -0.608. The van der Waals surface area contributed by atoms with E-state index < -0.39 is 5.60 Å². The van der Waals surface area contributed by atoms with E-state index in [0.29, 0.717) is 0 Å². The van der Waals surface area contributed by atoms with Crippen molar-refractivity contribution < 1.29 is 10.2 Å². The predicted octanol–water partition coefficient (Wildman–Crippen LogP) is 2.01. The number of fused-ring (bicyclic) bond motifs is 1. The molecule has 0 aromatic heterocycles. The van der Waals surface area contributed by atoms with Crippen LogP contribution in [0.2, 0.25) is 0 Å². The van der Waals surface area contributed by atoms with Gasteiger partial charge in [0, 0.05) is 5.41 Å². The van der Waals surface area contributed by atoms with Crippen LogP contribution in [0.5, 0.6) is 0 Å². The number of rotatable bonds is 1. The van der Waals surface area contributed by atoms with E-state index in [4.69, 9.17) is 0 Å². The molecular formula is C12H20O2. The summed E-state index contributed by atoms with van der Waals surface area (Å²) in [5, 5.41) is 20.2. The molecule has 1 fully saturated rings. The molecule has 0 aromatic carbocycles. The second-order valence-corrected chi connectivity index (χ2v) is 4.89. The lowest BCUT2D eigenvalue weighted by atomic mass is 9.61. The van der Waals surface area contributed by atoms with Crippen molar-refractivity contribution in [3.63, 3.8) is 0 Å². The molecule has 0 aromatic rings. The molecule has 2 aliphatic rings. The topological polar surface area (TPSA) is 40.5 Å². The number of aliphatic hydroxyl groups excluding tert-OH is 1. The third kappa shape index (κ3) is 1.41. The summed E-state index contributed by atoms with van der Waals surface area (Å²) in [6.07, 6.45) is 11.0. The van der Waals surface area contributed by atoms with Gasteiger partial charge in [-0.2, -0.15) is 0 Å². The van der Waals surface area contributed by atoms with E-state index in [1.807, 2.05) is 0 Å². The Morgan fingerprint density at radius 2 is 1.86 bits per heavy atom. The minimum Gasteiger partial charge on any atom is -0.396 e. The number of allylic oxidation sites excluding steroid dienone is 2. The Balaban J connectivity index is 2.29. The maximum Gasteiger partial charge on any atom is 0.0731 e. The van der Waals surface area contributed by atoms with Crippen LogP contribution in [0.3, 0.4) is 0 Å². The average molecular weight is 196 g/mol. The number of hydrogen-bond donors (Lipinski definition) is 2. The van der Waals surface area contributed by atoms with Crippen molar-refractivity contribution in [2.45, 2.75) is 50.5 Å². The standard InChI is InChI=1S/C12H20O2/c13-10-11-6-2-1-3-8-12(11,14)9-5-4-7-11/h1-2,13-14H,3-10H2. The lowest BCUT2D eigenvalue weighted by Crippen LogP contribution is -2.52. The maximum atomic E-state index is 10.6. The first-order valence-corrected chi connectivity index (χ1v) is 5.71. The monoisotopic (exact) mass is 196 g/mol. The van der Waals surface area contributed by atoms with Gasteiger partial charge in [-0.05, 0) is 32.1 Å². The second kappa shape index (κ2) is 3.67. The van der Waals surface area contributed by atoms with Gasteiger partial charge >= 0.3 is 0 Å². The van der Waals surface area contributed by atoms with Crippen molar-refractivity contribution in [1.82, 2.24) is 0 Å². The van der Waals surface area contributed by atoms with Gasteiger partial charge in [0.25, 0.3) is 0 Å². The molecule has 0 heterocycles. The molecule has 1 saturated carbocycles. The highest BCUT2D eigenvalue weighted by atomic mass is 16.3. The Morgan fingerprint density at radius 3 is 2.64 bits per heavy atom. The van der Waals surface area contributed by atoms with Crippen molar-refractivity contribution in [2.24, 2.45) is 5.41 Å². The largest absolute Gasteiger partial charge is 0.396 e. The van der Waals surface area contributed by atoms with E-state index in [1.165, 1.54) is 0 Å². The van der Waals surface area contributed by atoms with Crippen LogP contribution in [0.15, 0.2) is 12.2 Å².